The lowest BCUT2D eigenvalue weighted by Crippen LogP contribution is -2.50. The Morgan fingerprint density at radius 3 is 2.52 bits per heavy atom. The quantitative estimate of drug-likeness (QED) is 0.625. The third-order valence-corrected chi connectivity index (χ3v) is 8.06. The molecule has 2 aliphatic rings. The molecule has 0 aromatic heterocycles. The van der Waals surface area contributed by atoms with E-state index in [0.29, 0.717) is 26.2 Å². The van der Waals surface area contributed by atoms with E-state index in [4.69, 9.17) is 22.1 Å². The summed E-state index contributed by atoms with van der Waals surface area (Å²) in [5.74, 6) is -0.933. The molecule has 2 aromatic rings. The van der Waals surface area contributed by atoms with Crippen LogP contribution in [0.4, 0.5) is 5.69 Å². The van der Waals surface area contributed by atoms with Crippen LogP contribution in [-0.4, -0.2) is 68.3 Å². The minimum atomic E-state index is -3.75. The van der Waals surface area contributed by atoms with Gasteiger partial charge in [0.25, 0.3) is 0 Å². The third kappa shape index (κ3) is 5.20. The molecule has 0 spiro atoms. The van der Waals surface area contributed by atoms with Crippen molar-refractivity contribution in [1.29, 1.82) is 0 Å². The monoisotopic (exact) mass is 492 g/mol. The summed E-state index contributed by atoms with van der Waals surface area (Å²) in [7, 11) is -3.75. The molecule has 2 amide bonds. The van der Waals surface area contributed by atoms with E-state index in [1.165, 1.54) is 22.5 Å². The molecule has 0 bridgehead atoms. The van der Waals surface area contributed by atoms with E-state index in [0.717, 1.165) is 11.1 Å². The van der Waals surface area contributed by atoms with E-state index in [2.05, 4.69) is 5.32 Å². The number of ether oxygens (including phenoxy) is 1. The van der Waals surface area contributed by atoms with Gasteiger partial charge in [0.2, 0.25) is 21.8 Å². The molecule has 2 heterocycles. The number of halogens is 1. The molecule has 0 saturated carbocycles. The number of amides is 2. The average molecular weight is 493 g/mol. The fraction of sp³-hybridized carbons (Fsp3) is 0.364. The number of morpholine rings is 1. The Labute approximate surface area is 197 Å². The molecule has 33 heavy (non-hydrogen) atoms. The Morgan fingerprint density at radius 2 is 1.82 bits per heavy atom. The van der Waals surface area contributed by atoms with Crippen molar-refractivity contribution in [2.75, 3.05) is 38.2 Å². The first-order valence-electron chi connectivity index (χ1n) is 10.5. The van der Waals surface area contributed by atoms with Crippen LogP contribution in [0.2, 0.25) is 5.02 Å². The maximum absolute atomic E-state index is 12.9. The van der Waals surface area contributed by atoms with Gasteiger partial charge in [-0.3, -0.25) is 14.5 Å². The second kappa shape index (κ2) is 9.78. The largest absolute Gasteiger partial charge is 0.379 e. The second-order valence-corrected chi connectivity index (χ2v) is 10.3. The van der Waals surface area contributed by atoms with Crippen LogP contribution in [0.3, 0.4) is 0 Å². The van der Waals surface area contributed by atoms with Gasteiger partial charge in [-0.15, -0.1) is 0 Å². The summed E-state index contributed by atoms with van der Waals surface area (Å²) in [6, 6.07) is 11.3. The number of fused-ring (bicyclic) bond motifs is 1. The molecule has 0 aliphatic carbocycles. The number of benzene rings is 2. The highest BCUT2D eigenvalue weighted by atomic mass is 35.5. The zero-order valence-corrected chi connectivity index (χ0v) is 19.4. The Kier molecular flexibility index (Phi) is 7.01. The van der Waals surface area contributed by atoms with E-state index in [1.54, 1.807) is 4.90 Å². The minimum Gasteiger partial charge on any atom is -0.379 e. The summed E-state index contributed by atoms with van der Waals surface area (Å²) < 4.78 is 32.5. The number of nitrogens with zero attached hydrogens (tertiary/aromatic N) is 2. The molecule has 9 nitrogen and oxygen atoms in total. The van der Waals surface area contributed by atoms with Gasteiger partial charge in [0.1, 0.15) is 0 Å². The first kappa shape index (κ1) is 23.7. The maximum Gasteiger partial charge on any atom is 0.243 e. The van der Waals surface area contributed by atoms with Crippen molar-refractivity contribution in [2.24, 2.45) is 5.73 Å². The molecule has 1 fully saturated rings. The van der Waals surface area contributed by atoms with Gasteiger partial charge in [-0.2, -0.15) is 4.31 Å². The number of sulfonamides is 1. The number of hydrogen-bond acceptors (Lipinski definition) is 6. The normalized spacial score (nSPS) is 19.6. The summed E-state index contributed by atoms with van der Waals surface area (Å²) in [6.07, 6.45) is 0.423. The molecule has 176 valence electrons. The highest BCUT2D eigenvalue weighted by Gasteiger charge is 2.32. The number of nitrogens with two attached hydrogens (primary N) is 1. The molecule has 1 saturated heterocycles. The van der Waals surface area contributed by atoms with Gasteiger partial charge in [0.05, 0.1) is 41.4 Å². The van der Waals surface area contributed by atoms with Crippen LogP contribution in [0.15, 0.2) is 47.4 Å². The molecule has 11 heteroatoms. The number of anilines is 1. The Hall–Kier alpha value is -2.50. The predicted octanol–water partition coefficient (Wildman–Crippen LogP) is 1.21. The van der Waals surface area contributed by atoms with Gasteiger partial charge in [0, 0.05) is 19.6 Å². The molecular formula is C22H25ClN4O5S. The fourth-order valence-corrected chi connectivity index (χ4v) is 5.69. The predicted molar refractivity (Wildman–Crippen MR) is 123 cm³/mol. The Bertz CT molecular complexity index is 1170. The summed E-state index contributed by atoms with van der Waals surface area (Å²) in [6.45, 7) is 1.48. The smallest absolute Gasteiger partial charge is 0.243 e. The van der Waals surface area contributed by atoms with Gasteiger partial charge in [-0.05, 0) is 35.7 Å². The minimum absolute atomic E-state index is 0.0333. The first-order valence-corrected chi connectivity index (χ1v) is 12.3. The van der Waals surface area contributed by atoms with Crippen LogP contribution in [-0.2, 0) is 37.3 Å². The van der Waals surface area contributed by atoms with Gasteiger partial charge in [0.15, 0.2) is 0 Å². The van der Waals surface area contributed by atoms with Crippen molar-refractivity contribution in [2.45, 2.75) is 23.9 Å². The van der Waals surface area contributed by atoms with Crippen LogP contribution < -0.4 is 11.1 Å². The lowest BCUT2D eigenvalue weighted by atomic mass is 9.93. The van der Waals surface area contributed by atoms with Crippen LogP contribution >= 0.6 is 11.6 Å². The standard InChI is InChI=1S/C22H25ClN4O5S/c23-18-6-5-17(33(30,31)27-7-9-32-10-8-27)12-19(18)25-21(28)14-26-13-16-4-2-1-3-15(16)11-20(26)22(24)29/h1-6,12,20H,7-11,13-14H2,(H2,24,29)(H,25,28)/t20-/m0/s1. The molecule has 4 rings (SSSR count). The lowest BCUT2D eigenvalue weighted by molar-refractivity contribution is -0.125. The molecule has 3 N–H and O–H groups in total. The van der Waals surface area contributed by atoms with Crippen LogP contribution in [0.1, 0.15) is 11.1 Å². The summed E-state index contributed by atoms with van der Waals surface area (Å²) in [5.41, 5.74) is 7.83. The van der Waals surface area contributed by atoms with E-state index < -0.39 is 27.9 Å². The van der Waals surface area contributed by atoms with E-state index in [-0.39, 0.29) is 35.2 Å². The van der Waals surface area contributed by atoms with Gasteiger partial charge >= 0.3 is 0 Å². The SMILES string of the molecule is NC(=O)[C@@H]1Cc2ccccc2CN1CC(=O)Nc1cc(S(=O)(=O)N2CCOCC2)ccc1Cl. The fourth-order valence-electron chi connectivity index (χ4n) is 4.09. The van der Waals surface area contributed by atoms with Gasteiger partial charge in [-0.25, -0.2) is 8.42 Å². The van der Waals surface area contributed by atoms with Crippen molar-refractivity contribution < 1.29 is 22.7 Å². The molecule has 2 aromatic carbocycles. The molecular weight excluding hydrogens is 468 g/mol. The van der Waals surface area contributed by atoms with Crippen LogP contribution in [0.5, 0.6) is 0 Å². The summed E-state index contributed by atoms with van der Waals surface area (Å²) in [5, 5.41) is 2.89. The molecule has 2 aliphatic heterocycles. The van der Waals surface area contributed by atoms with Crippen LogP contribution in [0.25, 0.3) is 0 Å². The van der Waals surface area contributed by atoms with Crippen molar-refractivity contribution in [3.8, 4) is 0 Å². The van der Waals surface area contributed by atoms with Crippen molar-refractivity contribution in [3.63, 3.8) is 0 Å². The Balaban J connectivity index is 1.50. The number of nitrogens with one attached hydrogen (secondary N) is 1. The van der Waals surface area contributed by atoms with E-state index >= 15 is 0 Å². The summed E-state index contributed by atoms with van der Waals surface area (Å²) in [4.78, 5) is 26.6. The van der Waals surface area contributed by atoms with Gasteiger partial charge in [-0.1, -0.05) is 35.9 Å². The van der Waals surface area contributed by atoms with Crippen molar-refractivity contribution in [3.05, 3.63) is 58.6 Å². The highest BCUT2D eigenvalue weighted by Crippen LogP contribution is 2.28. The molecule has 0 radical (unpaired) electrons. The first-order chi connectivity index (χ1) is 15.8. The number of carbonyl (C=O) groups is 2. The third-order valence-electron chi connectivity index (χ3n) is 5.84. The number of primary amides is 1. The number of rotatable bonds is 6. The molecule has 0 unspecified atom stereocenters. The topological polar surface area (TPSA) is 122 Å². The highest BCUT2D eigenvalue weighted by molar-refractivity contribution is 7.89. The van der Waals surface area contributed by atoms with E-state index in [1.807, 2.05) is 24.3 Å². The number of hydrogen-bond donors (Lipinski definition) is 2. The van der Waals surface area contributed by atoms with E-state index in [9.17, 15) is 18.0 Å². The zero-order chi connectivity index (χ0) is 23.6. The van der Waals surface area contributed by atoms with Crippen LogP contribution in [0, 0.1) is 0 Å². The molecule has 1 atom stereocenters. The van der Waals surface area contributed by atoms with Gasteiger partial charge < -0.3 is 15.8 Å². The maximum atomic E-state index is 12.9. The summed E-state index contributed by atoms with van der Waals surface area (Å²) >= 11 is 6.23. The average Bonchev–Trinajstić information content (AvgIpc) is 2.80. The zero-order valence-electron chi connectivity index (χ0n) is 17.9. The van der Waals surface area contributed by atoms with Crippen molar-refractivity contribution in [1.82, 2.24) is 9.21 Å². The number of carbonyl (C=O) groups excluding carboxylic acids is 2. The van der Waals surface area contributed by atoms with Crippen molar-refractivity contribution >= 4 is 39.1 Å². The Morgan fingerprint density at radius 1 is 1.12 bits per heavy atom. The second-order valence-electron chi connectivity index (χ2n) is 8.00. The lowest BCUT2D eigenvalue weighted by Gasteiger charge is -2.34.